The number of nitrogens with one attached hydrogen (secondary N) is 2. The number of benzene rings is 2. The number of nitrogens with zero attached hydrogens (tertiary/aromatic N) is 1. The fourth-order valence-corrected chi connectivity index (χ4v) is 3.09. The van der Waals surface area contributed by atoms with E-state index in [4.69, 9.17) is 18.9 Å². The number of hydrogen-bond donors (Lipinski definition) is 3. The molecule has 2 aromatic rings. The molecule has 0 saturated heterocycles. The minimum Gasteiger partial charge on any atom is -0.493 e. The molecule has 9 heteroatoms. The highest BCUT2D eigenvalue weighted by molar-refractivity contribution is 14.0. The van der Waals surface area contributed by atoms with Crippen LogP contribution in [0, 0.1) is 0 Å². The number of hydrogen-bond acceptors (Lipinski definition) is 6. The van der Waals surface area contributed by atoms with E-state index in [2.05, 4.69) is 15.6 Å². The maximum absolute atomic E-state index is 10.6. The summed E-state index contributed by atoms with van der Waals surface area (Å²) in [6.45, 7) is 7.34. The lowest BCUT2D eigenvalue weighted by molar-refractivity contribution is 0.180. The summed E-state index contributed by atoms with van der Waals surface area (Å²) in [5, 5.41) is 16.9. The van der Waals surface area contributed by atoms with E-state index in [0.717, 1.165) is 16.9 Å². The molecule has 0 aliphatic heterocycles. The molecule has 1 unspecified atom stereocenters. The lowest BCUT2D eigenvalue weighted by Crippen LogP contribution is -2.39. The Morgan fingerprint density at radius 1 is 0.970 bits per heavy atom. The van der Waals surface area contributed by atoms with Crippen LogP contribution < -0.4 is 29.6 Å². The third-order valence-electron chi connectivity index (χ3n) is 4.59. The average Bonchev–Trinajstić information content (AvgIpc) is 2.79. The van der Waals surface area contributed by atoms with Crippen LogP contribution in [0.15, 0.2) is 41.4 Å². The largest absolute Gasteiger partial charge is 0.493 e. The van der Waals surface area contributed by atoms with Gasteiger partial charge in [0.05, 0.1) is 40.1 Å². The van der Waals surface area contributed by atoms with Crippen LogP contribution in [0.4, 0.5) is 0 Å². The van der Waals surface area contributed by atoms with Crippen molar-refractivity contribution in [1.29, 1.82) is 0 Å². The van der Waals surface area contributed by atoms with E-state index in [1.807, 2.05) is 57.2 Å². The van der Waals surface area contributed by atoms with Gasteiger partial charge in [-0.1, -0.05) is 12.1 Å². The molecule has 0 saturated carbocycles. The van der Waals surface area contributed by atoms with Gasteiger partial charge in [0.25, 0.3) is 0 Å². The summed E-state index contributed by atoms with van der Waals surface area (Å²) in [5.74, 6) is 3.08. The fourth-order valence-electron chi connectivity index (χ4n) is 3.09. The topological polar surface area (TPSA) is 93.6 Å². The van der Waals surface area contributed by atoms with Gasteiger partial charge in [-0.3, -0.25) is 0 Å². The summed E-state index contributed by atoms with van der Waals surface area (Å²) in [4.78, 5) is 4.61. The third-order valence-corrected chi connectivity index (χ3v) is 4.59. The highest BCUT2D eigenvalue weighted by Gasteiger charge is 2.13. The molecule has 0 aromatic heterocycles. The fraction of sp³-hybridized carbons (Fsp3) is 0.458. The Morgan fingerprint density at radius 2 is 1.58 bits per heavy atom. The zero-order chi connectivity index (χ0) is 23.5. The number of rotatable bonds is 11. The van der Waals surface area contributed by atoms with Crippen molar-refractivity contribution in [3.8, 4) is 23.0 Å². The van der Waals surface area contributed by atoms with Crippen molar-refractivity contribution in [2.24, 2.45) is 4.99 Å². The first-order valence-corrected chi connectivity index (χ1v) is 10.7. The Kier molecular flexibility index (Phi) is 12.7. The monoisotopic (exact) mass is 573 g/mol. The molecular weight excluding hydrogens is 537 g/mol. The quantitative estimate of drug-likeness (QED) is 0.213. The Bertz CT molecular complexity index is 850. The maximum atomic E-state index is 10.6. The normalized spacial score (nSPS) is 11.9. The van der Waals surface area contributed by atoms with Crippen LogP contribution >= 0.6 is 24.0 Å². The second-order valence-corrected chi connectivity index (χ2v) is 7.36. The van der Waals surface area contributed by atoms with Gasteiger partial charge in [0.15, 0.2) is 17.5 Å². The molecule has 0 radical (unpaired) electrons. The summed E-state index contributed by atoms with van der Waals surface area (Å²) in [6, 6.07) is 11.2. The second kappa shape index (κ2) is 14.7. The highest BCUT2D eigenvalue weighted by Crippen LogP contribution is 2.38. The molecule has 0 spiro atoms. The lowest BCUT2D eigenvalue weighted by Gasteiger charge is -2.17. The Hall–Kier alpha value is -2.40. The van der Waals surface area contributed by atoms with Gasteiger partial charge in [0, 0.05) is 13.1 Å². The van der Waals surface area contributed by atoms with Gasteiger partial charge in [-0.25, -0.2) is 4.99 Å². The van der Waals surface area contributed by atoms with E-state index >= 15 is 0 Å². The van der Waals surface area contributed by atoms with Crippen LogP contribution in [0.1, 0.15) is 38.0 Å². The van der Waals surface area contributed by atoms with Crippen molar-refractivity contribution < 1.29 is 24.1 Å². The molecule has 0 heterocycles. The number of ether oxygens (including phenoxy) is 4. The van der Waals surface area contributed by atoms with Crippen LogP contribution in [-0.2, 0) is 6.54 Å². The number of methoxy groups -OCH3 is 3. The predicted octanol–water partition coefficient (Wildman–Crippen LogP) is 3.91. The van der Waals surface area contributed by atoms with E-state index in [-0.39, 0.29) is 30.1 Å². The number of aliphatic imine (C=N–C) groups is 1. The van der Waals surface area contributed by atoms with E-state index in [0.29, 0.717) is 42.8 Å². The zero-order valence-corrected chi connectivity index (χ0v) is 22.5. The minimum absolute atomic E-state index is 0. The SMILES string of the molecule is CCNC(=NCc1cc(OC)c(OC)c(OC)c1)NCC(O)c1ccc(OC(C)C)cc1.I. The molecule has 0 fully saturated rings. The first-order valence-electron chi connectivity index (χ1n) is 10.7. The lowest BCUT2D eigenvalue weighted by atomic mass is 10.1. The molecule has 0 bridgehead atoms. The molecule has 1 atom stereocenters. The molecular formula is C24H36IN3O5. The Morgan fingerprint density at radius 3 is 2.06 bits per heavy atom. The molecule has 0 amide bonds. The van der Waals surface area contributed by atoms with E-state index < -0.39 is 6.10 Å². The molecule has 184 valence electrons. The molecule has 2 aromatic carbocycles. The van der Waals surface area contributed by atoms with Gasteiger partial charge < -0.3 is 34.7 Å². The molecule has 0 aliphatic carbocycles. The smallest absolute Gasteiger partial charge is 0.203 e. The maximum Gasteiger partial charge on any atom is 0.203 e. The predicted molar refractivity (Wildman–Crippen MR) is 141 cm³/mol. The van der Waals surface area contributed by atoms with E-state index in [1.54, 1.807) is 21.3 Å². The summed E-state index contributed by atoms with van der Waals surface area (Å²) in [7, 11) is 4.74. The molecule has 8 nitrogen and oxygen atoms in total. The minimum atomic E-state index is -0.687. The number of aliphatic hydroxyl groups is 1. The third kappa shape index (κ3) is 8.81. The van der Waals surface area contributed by atoms with Crippen molar-refractivity contribution >= 4 is 29.9 Å². The summed E-state index contributed by atoms with van der Waals surface area (Å²) < 4.78 is 21.8. The number of halogens is 1. The van der Waals surface area contributed by atoms with Crippen molar-refractivity contribution in [3.05, 3.63) is 47.5 Å². The van der Waals surface area contributed by atoms with Crippen LogP contribution in [0.25, 0.3) is 0 Å². The first kappa shape index (κ1) is 28.6. The van der Waals surface area contributed by atoms with Crippen molar-refractivity contribution in [1.82, 2.24) is 10.6 Å². The van der Waals surface area contributed by atoms with Gasteiger partial charge in [0.1, 0.15) is 5.75 Å². The zero-order valence-electron chi connectivity index (χ0n) is 20.2. The van der Waals surface area contributed by atoms with E-state index in [1.165, 1.54) is 0 Å². The standard InChI is InChI=1S/C24H35N3O5.HI/c1-7-25-24(26-14-17-12-21(29-4)23(31-6)22(13-17)30-5)27-15-20(28)18-8-10-19(11-9-18)32-16(2)3;/h8-13,16,20,28H,7,14-15H2,1-6H3,(H2,25,26,27);1H. The van der Waals surface area contributed by atoms with Crippen LogP contribution in [-0.4, -0.2) is 51.6 Å². The second-order valence-electron chi connectivity index (χ2n) is 7.36. The number of guanidine groups is 1. The molecule has 33 heavy (non-hydrogen) atoms. The van der Waals surface area contributed by atoms with Crippen LogP contribution in [0.5, 0.6) is 23.0 Å². The van der Waals surface area contributed by atoms with Crippen molar-refractivity contribution in [2.45, 2.75) is 39.5 Å². The molecule has 3 N–H and O–H groups in total. The summed E-state index contributed by atoms with van der Waals surface area (Å²) >= 11 is 0. The first-order chi connectivity index (χ1) is 15.4. The Labute approximate surface area is 213 Å². The van der Waals surface area contributed by atoms with Gasteiger partial charge in [-0.05, 0) is 56.2 Å². The average molecular weight is 573 g/mol. The van der Waals surface area contributed by atoms with Gasteiger partial charge in [-0.15, -0.1) is 24.0 Å². The van der Waals surface area contributed by atoms with Crippen molar-refractivity contribution in [3.63, 3.8) is 0 Å². The van der Waals surface area contributed by atoms with Crippen LogP contribution in [0.3, 0.4) is 0 Å². The summed E-state index contributed by atoms with van der Waals surface area (Å²) in [6.07, 6.45) is -0.579. The van der Waals surface area contributed by atoms with Crippen LogP contribution in [0.2, 0.25) is 0 Å². The van der Waals surface area contributed by atoms with Gasteiger partial charge in [0.2, 0.25) is 5.75 Å². The van der Waals surface area contributed by atoms with E-state index in [9.17, 15) is 5.11 Å². The highest BCUT2D eigenvalue weighted by atomic mass is 127. The summed E-state index contributed by atoms with van der Waals surface area (Å²) in [5.41, 5.74) is 1.70. The van der Waals surface area contributed by atoms with Gasteiger partial charge >= 0.3 is 0 Å². The van der Waals surface area contributed by atoms with Gasteiger partial charge in [-0.2, -0.15) is 0 Å². The van der Waals surface area contributed by atoms with Crippen molar-refractivity contribution in [2.75, 3.05) is 34.4 Å². The Balaban J connectivity index is 0.00000544. The molecule has 0 aliphatic rings. The number of aliphatic hydroxyl groups excluding tert-OH is 1. The molecule has 2 rings (SSSR count).